The van der Waals surface area contributed by atoms with Gasteiger partial charge in [-0.2, -0.15) is 0 Å². The summed E-state index contributed by atoms with van der Waals surface area (Å²) in [6.07, 6.45) is 4.22. The van der Waals surface area contributed by atoms with Crippen molar-refractivity contribution < 1.29 is 4.74 Å². The van der Waals surface area contributed by atoms with Crippen LogP contribution in [0.4, 0.5) is 0 Å². The van der Waals surface area contributed by atoms with Gasteiger partial charge in [0.15, 0.2) is 0 Å². The van der Waals surface area contributed by atoms with Crippen LogP contribution in [0, 0.1) is 17.8 Å². The average molecular weight is 259 g/mol. The number of hydrogen-bond acceptors (Lipinski definition) is 2. The van der Waals surface area contributed by atoms with Crippen LogP contribution >= 0.6 is 0 Å². The molecule has 0 radical (unpaired) electrons. The fourth-order valence-corrected chi connectivity index (χ4v) is 3.61. The predicted octanol–water partition coefficient (Wildman–Crippen LogP) is 3.78. The second-order valence-corrected chi connectivity index (χ2v) is 6.38. The normalized spacial score (nSPS) is 33.8. The van der Waals surface area contributed by atoms with Gasteiger partial charge >= 0.3 is 0 Å². The van der Waals surface area contributed by atoms with E-state index in [2.05, 4.69) is 43.4 Å². The lowest BCUT2D eigenvalue weighted by Gasteiger charge is -2.33. The lowest BCUT2D eigenvalue weighted by atomic mass is 9.90. The van der Waals surface area contributed by atoms with Gasteiger partial charge in [0.25, 0.3) is 0 Å². The molecule has 2 nitrogen and oxygen atoms in total. The Kier molecular flexibility index (Phi) is 3.79. The van der Waals surface area contributed by atoms with Gasteiger partial charge in [0.2, 0.25) is 0 Å². The number of ether oxygens (including phenoxy) is 1. The maximum absolute atomic E-state index is 5.82. The van der Waals surface area contributed by atoms with Gasteiger partial charge in [0, 0.05) is 17.5 Å². The van der Waals surface area contributed by atoms with Crippen LogP contribution in [0.1, 0.15) is 44.7 Å². The van der Waals surface area contributed by atoms with Crippen molar-refractivity contribution in [3.05, 3.63) is 29.8 Å². The molecule has 19 heavy (non-hydrogen) atoms. The van der Waals surface area contributed by atoms with E-state index in [0.29, 0.717) is 12.0 Å². The monoisotopic (exact) mass is 259 g/mol. The van der Waals surface area contributed by atoms with E-state index in [9.17, 15) is 0 Å². The molecule has 0 bridgehead atoms. The fourth-order valence-electron chi connectivity index (χ4n) is 3.61. The van der Waals surface area contributed by atoms with E-state index in [1.54, 1.807) is 0 Å². The standard InChI is InChI=1S/C17H25NO/c1-12-6-5-7-14(12)10-18-17-13(2)11-19-16-9-4-3-8-15(16)17/h3-4,8-9,12-14,17-18H,5-7,10-11H2,1-2H3. The van der Waals surface area contributed by atoms with E-state index >= 15 is 0 Å². The van der Waals surface area contributed by atoms with Gasteiger partial charge in [-0.25, -0.2) is 0 Å². The molecule has 104 valence electrons. The third-order valence-corrected chi connectivity index (χ3v) is 4.96. The summed E-state index contributed by atoms with van der Waals surface area (Å²) in [5.74, 6) is 3.37. The number of rotatable bonds is 3. The highest BCUT2D eigenvalue weighted by Gasteiger charge is 2.29. The van der Waals surface area contributed by atoms with Crippen LogP contribution in [0.3, 0.4) is 0 Å². The van der Waals surface area contributed by atoms with E-state index in [-0.39, 0.29) is 0 Å². The number of benzene rings is 1. The van der Waals surface area contributed by atoms with E-state index in [4.69, 9.17) is 4.74 Å². The molecule has 1 aromatic rings. The third-order valence-electron chi connectivity index (χ3n) is 4.96. The third kappa shape index (κ3) is 2.64. The number of hydrogen-bond donors (Lipinski definition) is 1. The van der Waals surface area contributed by atoms with Crippen molar-refractivity contribution in [3.63, 3.8) is 0 Å². The van der Waals surface area contributed by atoms with Gasteiger partial charge in [0.05, 0.1) is 6.61 Å². The van der Waals surface area contributed by atoms with Crippen molar-refractivity contribution >= 4 is 0 Å². The molecule has 0 saturated heterocycles. The van der Waals surface area contributed by atoms with E-state index < -0.39 is 0 Å². The summed E-state index contributed by atoms with van der Waals surface area (Å²) < 4.78 is 5.82. The molecule has 0 spiro atoms. The van der Waals surface area contributed by atoms with Crippen molar-refractivity contribution in [3.8, 4) is 5.75 Å². The minimum atomic E-state index is 0.456. The summed E-state index contributed by atoms with van der Waals surface area (Å²) in [5, 5.41) is 3.82. The maximum atomic E-state index is 5.82. The van der Waals surface area contributed by atoms with Crippen LogP contribution in [0.25, 0.3) is 0 Å². The second-order valence-electron chi connectivity index (χ2n) is 6.38. The lowest BCUT2D eigenvalue weighted by molar-refractivity contribution is 0.182. The fraction of sp³-hybridized carbons (Fsp3) is 0.647. The van der Waals surface area contributed by atoms with Crippen molar-refractivity contribution in [2.75, 3.05) is 13.2 Å². The largest absolute Gasteiger partial charge is 0.493 e. The summed E-state index contributed by atoms with van der Waals surface area (Å²) in [4.78, 5) is 0. The molecule has 4 atom stereocenters. The van der Waals surface area contributed by atoms with Crippen LogP contribution in [0.15, 0.2) is 24.3 Å². The van der Waals surface area contributed by atoms with Crippen LogP contribution in [-0.4, -0.2) is 13.2 Å². The Labute approximate surface area is 116 Å². The van der Waals surface area contributed by atoms with Crippen molar-refractivity contribution in [1.29, 1.82) is 0 Å². The molecular weight excluding hydrogens is 234 g/mol. The lowest BCUT2D eigenvalue weighted by Crippen LogP contribution is -2.36. The molecule has 1 fully saturated rings. The van der Waals surface area contributed by atoms with Crippen LogP contribution in [0.5, 0.6) is 5.75 Å². The molecule has 0 aromatic heterocycles. The highest BCUT2D eigenvalue weighted by molar-refractivity contribution is 5.37. The molecule has 1 aliphatic heterocycles. The number of nitrogens with one attached hydrogen (secondary N) is 1. The van der Waals surface area contributed by atoms with E-state index in [1.165, 1.54) is 24.8 Å². The maximum Gasteiger partial charge on any atom is 0.124 e. The Balaban J connectivity index is 1.69. The van der Waals surface area contributed by atoms with Crippen LogP contribution in [0.2, 0.25) is 0 Å². The first-order chi connectivity index (χ1) is 9.25. The molecule has 1 N–H and O–H groups in total. The van der Waals surface area contributed by atoms with Crippen LogP contribution < -0.4 is 10.1 Å². The molecule has 1 aliphatic carbocycles. The van der Waals surface area contributed by atoms with E-state index in [1.807, 2.05) is 0 Å². The summed E-state index contributed by atoms with van der Waals surface area (Å²) in [6.45, 7) is 6.67. The van der Waals surface area contributed by atoms with Gasteiger partial charge < -0.3 is 10.1 Å². The second kappa shape index (κ2) is 5.54. The molecular formula is C17H25NO. The van der Waals surface area contributed by atoms with Gasteiger partial charge in [-0.05, 0) is 30.9 Å². The smallest absolute Gasteiger partial charge is 0.124 e. The van der Waals surface area contributed by atoms with Crippen molar-refractivity contribution in [2.24, 2.45) is 17.8 Å². The molecule has 3 rings (SSSR count). The zero-order valence-corrected chi connectivity index (χ0v) is 12.1. The zero-order valence-electron chi connectivity index (χ0n) is 12.1. The summed E-state index contributed by atoms with van der Waals surface area (Å²) >= 11 is 0. The predicted molar refractivity (Wildman–Crippen MR) is 78.3 cm³/mol. The summed E-state index contributed by atoms with van der Waals surface area (Å²) in [5.41, 5.74) is 1.34. The summed E-state index contributed by atoms with van der Waals surface area (Å²) in [6, 6.07) is 8.94. The molecule has 4 unspecified atom stereocenters. The van der Waals surface area contributed by atoms with Gasteiger partial charge in [-0.3, -0.25) is 0 Å². The Morgan fingerprint density at radius 3 is 2.79 bits per heavy atom. The Morgan fingerprint density at radius 2 is 2.00 bits per heavy atom. The summed E-state index contributed by atoms with van der Waals surface area (Å²) in [7, 11) is 0. The van der Waals surface area contributed by atoms with Crippen LogP contribution in [-0.2, 0) is 0 Å². The minimum Gasteiger partial charge on any atom is -0.493 e. The highest BCUT2D eigenvalue weighted by Crippen LogP contribution is 2.36. The molecule has 0 amide bonds. The molecule has 1 heterocycles. The Morgan fingerprint density at radius 1 is 1.16 bits per heavy atom. The van der Waals surface area contributed by atoms with Gasteiger partial charge in [-0.1, -0.05) is 44.9 Å². The topological polar surface area (TPSA) is 21.3 Å². The highest BCUT2D eigenvalue weighted by atomic mass is 16.5. The number of fused-ring (bicyclic) bond motifs is 1. The quantitative estimate of drug-likeness (QED) is 0.892. The van der Waals surface area contributed by atoms with Crippen molar-refractivity contribution in [1.82, 2.24) is 5.32 Å². The Hall–Kier alpha value is -1.02. The zero-order chi connectivity index (χ0) is 13.2. The SMILES string of the molecule is CC1CCCC1CNC1c2ccccc2OCC1C. The first-order valence-electron chi connectivity index (χ1n) is 7.71. The molecule has 1 aromatic carbocycles. The Bertz CT molecular complexity index is 431. The molecule has 1 saturated carbocycles. The van der Waals surface area contributed by atoms with Gasteiger partial charge in [-0.15, -0.1) is 0 Å². The number of para-hydroxylation sites is 1. The van der Waals surface area contributed by atoms with E-state index in [0.717, 1.165) is 30.7 Å². The molecule has 2 aliphatic rings. The molecule has 2 heteroatoms. The minimum absolute atomic E-state index is 0.456. The van der Waals surface area contributed by atoms with Gasteiger partial charge in [0.1, 0.15) is 5.75 Å². The first-order valence-corrected chi connectivity index (χ1v) is 7.71. The first kappa shape index (κ1) is 13.0. The van der Waals surface area contributed by atoms with Crippen molar-refractivity contribution in [2.45, 2.75) is 39.2 Å². The average Bonchev–Trinajstić information content (AvgIpc) is 2.83.